The summed E-state index contributed by atoms with van der Waals surface area (Å²) in [7, 11) is 0. The number of benzene rings is 1. The van der Waals surface area contributed by atoms with Crippen LogP contribution in [0, 0.1) is 10.1 Å². The minimum atomic E-state index is -4.51. The quantitative estimate of drug-likeness (QED) is 0.504. The van der Waals surface area contributed by atoms with Gasteiger partial charge in [0, 0.05) is 11.8 Å². The third kappa shape index (κ3) is 3.42. The van der Waals surface area contributed by atoms with Crippen LogP contribution in [0.4, 0.5) is 29.5 Å². The first-order chi connectivity index (χ1) is 10.2. The van der Waals surface area contributed by atoms with Crippen molar-refractivity contribution in [1.82, 2.24) is 0 Å². The van der Waals surface area contributed by atoms with Crippen molar-refractivity contribution in [3.05, 3.63) is 50.9 Å². The van der Waals surface area contributed by atoms with Gasteiger partial charge in [0.2, 0.25) is 0 Å². The predicted molar refractivity (Wildman–Crippen MR) is 75.7 cm³/mol. The second-order valence-electron chi connectivity index (χ2n) is 4.34. The molecule has 1 aromatic heterocycles. The molecule has 2 rings (SSSR count). The van der Waals surface area contributed by atoms with Gasteiger partial charge in [0.15, 0.2) is 10.8 Å². The van der Waals surface area contributed by atoms with E-state index in [2.05, 4.69) is 5.32 Å². The Morgan fingerprint density at radius 3 is 2.55 bits per heavy atom. The highest BCUT2D eigenvalue weighted by atomic mass is 32.1. The molecule has 2 aromatic rings. The first-order valence-electron chi connectivity index (χ1n) is 5.92. The summed E-state index contributed by atoms with van der Waals surface area (Å²) in [6, 6.07) is 5.39. The lowest BCUT2D eigenvalue weighted by Gasteiger charge is -2.09. The van der Waals surface area contributed by atoms with E-state index < -0.39 is 16.7 Å². The minimum absolute atomic E-state index is 0.00882. The zero-order valence-corrected chi connectivity index (χ0v) is 11.9. The van der Waals surface area contributed by atoms with Gasteiger partial charge in [-0.05, 0) is 25.1 Å². The normalized spacial score (nSPS) is 11.3. The summed E-state index contributed by atoms with van der Waals surface area (Å²) in [4.78, 5) is 21.7. The Labute approximate surface area is 126 Å². The summed E-state index contributed by atoms with van der Waals surface area (Å²) in [5.41, 5.74) is -1.18. The number of anilines is 2. The summed E-state index contributed by atoms with van der Waals surface area (Å²) >= 11 is 0.821. The van der Waals surface area contributed by atoms with Crippen LogP contribution >= 0.6 is 11.3 Å². The number of nitrogens with one attached hydrogen (secondary N) is 1. The zero-order valence-electron chi connectivity index (χ0n) is 11.1. The molecule has 22 heavy (non-hydrogen) atoms. The zero-order chi connectivity index (χ0) is 16.5. The highest BCUT2D eigenvalue weighted by molar-refractivity contribution is 7.18. The SMILES string of the molecule is CC(=O)c1cc([N+](=O)[O-])c(Nc2cccc(C(F)(F)F)c2)s1. The molecule has 0 unspecified atom stereocenters. The second-order valence-corrected chi connectivity index (χ2v) is 5.39. The van der Waals surface area contributed by atoms with Crippen LogP contribution in [0.25, 0.3) is 0 Å². The van der Waals surface area contributed by atoms with Crippen molar-refractivity contribution in [3.8, 4) is 0 Å². The molecule has 5 nitrogen and oxygen atoms in total. The van der Waals surface area contributed by atoms with Gasteiger partial charge in [0.05, 0.1) is 15.4 Å². The number of nitrogens with zero attached hydrogens (tertiary/aromatic N) is 1. The summed E-state index contributed by atoms with van der Waals surface area (Å²) in [6.45, 7) is 1.25. The van der Waals surface area contributed by atoms with Crippen LogP contribution in [-0.4, -0.2) is 10.7 Å². The van der Waals surface area contributed by atoms with Gasteiger partial charge in [-0.15, -0.1) is 11.3 Å². The van der Waals surface area contributed by atoms with Gasteiger partial charge in [-0.25, -0.2) is 0 Å². The van der Waals surface area contributed by atoms with E-state index in [1.165, 1.54) is 19.1 Å². The number of hydrogen-bond acceptors (Lipinski definition) is 5. The lowest BCUT2D eigenvalue weighted by molar-refractivity contribution is -0.383. The summed E-state index contributed by atoms with van der Waals surface area (Å²) in [5, 5.41) is 13.5. The van der Waals surface area contributed by atoms with E-state index in [1.807, 2.05) is 0 Å². The highest BCUT2D eigenvalue weighted by Gasteiger charge is 2.30. The van der Waals surface area contributed by atoms with Crippen molar-refractivity contribution in [3.63, 3.8) is 0 Å². The fourth-order valence-corrected chi connectivity index (χ4v) is 2.63. The predicted octanol–water partition coefficient (Wildman–Crippen LogP) is 4.62. The summed E-state index contributed by atoms with van der Waals surface area (Å²) in [6.07, 6.45) is -4.51. The van der Waals surface area contributed by atoms with E-state index in [9.17, 15) is 28.1 Å². The number of alkyl halides is 3. The Bertz CT molecular complexity index is 740. The van der Waals surface area contributed by atoms with Crippen molar-refractivity contribution in [2.75, 3.05) is 5.32 Å². The van der Waals surface area contributed by atoms with Crippen molar-refractivity contribution in [2.45, 2.75) is 13.1 Å². The molecule has 0 radical (unpaired) electrons. The molecule has 0 spiro atoms. The smallest absolute Gasteiger partial charge is 0.342 e. The van der Waals surface area contributed by atoms with E-state index in [1.54, 1.807) is 0 Å². The van der Waals surface area contributed by atoms with Crippen LogP contribution in [0.1, 0.15) is 22.2 Å². The van der Waals surface area contributed by atoms with Gasteiger partial charge < -0.3 is 5.32 Å². The molecule has 0 bridgehead atoms. The first-order valence-corrected chi connectivity index (χ1v) is 6.73. The number of carbonyl (C=O) groups is 1. The molecule has 1 aromatic carbocycles. The van der Waals surface area contributed by atoms with E-state index in [0.29, 0.717) is 0 Å². The molecule has 1 heterocycles. The number of halogens is 3. The Morgan fingerprint density at radius 2 is 2.00 bits per heavy atom. The monoisotopic (exact) mass is 330 g/mol. The molecule has 0 amide bonds. The van der Waals surface area contributed by atoms with Crippen LogP contribution in [0.15, 0.2) is 30.3 Å². The first kappa shape index (κ1) is 16.0. The van der Waals surface area contributed by atoms with Crippen LogP contribution < -0.4 is 5.32 Å². The van der Waals surface area contributed by atoms with Gasteiger partial charge in [-0.2, -0.15) is 13.2 Å². The van der Waals surface area contributed by atoms with E-state index in [4.69, 9.17) is 0 Å². The van der Waals surface area contributed by atoms with Crippen molar-refractivity contribution < 1.29 is 22.9 Å². The average Bonchev–Trinajstić information content (AvgIpc) is 2.82. The van der Waals surface area contributed by atoms with Crippen LogP contribution in [0.5, 0.6) is 0 Å². The van der Waals surface area contributed by atoms with Gasteiger partial charge in [-0.3, -0.25) is 14.9 Å². The van der Waals surface area contributed by atoms with Crippen molar-refractivity contribution >= 4 is 33.5 Å². The van der Waals surface area contributed by atoms with E-state index in [-0.39, 0.29) is 27.0 Å². The summed E-state index contributed by atoms with van der Waals surface area (Å²) < 4.78 is 37.9. The molecule has 0 aliphatic heterocycles. The highest BCUT2D eigenvalue weighted by Crippen LogP contribution is 2.38. The number of hydrogen-bond donors (Lipinski definition) is 1. The molecule has 0 saturated heterocycles. The number of Topliss-reactive ketones (excluding diaryl/α,β-unsaturated/α-hetero) is 1. The minimum Gasteiger partial charge on any atom is -0.342 e. The topological polar surface area (TPSA) is 72.2 Å². The fraction of sp³-hybridized carbons (Fsp3) is 0.154. The molecule has 0 fully saturated rings. The maximum absolute atomic E-state index is 12.6. The fourth-order valence-electron chi connectivity index (χ4n) is 1.68. The largest absolute Gasteiger partial charge is 0.416 e. The molecule has 0 aliphatic rings. The Balaban J connectivity index is 2.38. The van der Waals surface area contributed by atoms with Crippen LogP contribution in [-0.2, 0) is 6.18 Å². The molecule has 1 N–H and O–H groups in total. The lowest BCUT2D eigenvalue weighted by atomic mass is 10.2. The number of carbonyl (C=O) groups excluding carboxylic acids is 1. The maximum atomic E-state index is 12.6. The Hall–Kier alpha value is -2.42. The molecule has 0 atom stereocenters. The van der Waals surface area contributed by atoms with Gasteiger partial charge in [0.25, 0.3) is 0 Å². The molecule has 0 aliphatic carbocycles. The van der Waals surface area contributed by atoms with Gasteiger partial charge in [0.1, 0.15) is 0 Å². The summed E-state index contributed by atoms with van der Waals surface area (Å²) in [5.74, 6) is -0.356. The van der Waals surface area contributed by atoms with Crippen LogP contribution in [0.3, 0.4) is 0 Å². The molecular weight excluding hydrogens is 321 g/mol. The number of rotatable bonds is 4. The van der Waals surface area contributed by atoms with Gasteiger partial charge in [-0.1, -0.05) is 6.07 Å². The van der Waals surface area contributed by atoms with Crippen molar-refractivity contribution in [2.24, 2.45) is 0 Å². The van der Waals surface area contributed by atoms with E-state index >= 15 is 0 Å². The third-order valence-corrected chi connectivity index (χ3v) is 3.84. The molecule has 9 heteroatoms. The Morgan fingerprint density at radius 1 is 1.32 bits per heavy atom. The maximum Gasteiger partial charge on any atom is 0.416 e. The standard InChI is InChI=1S/C13H9F3N2O3S/c1-7(19)11-6-10(18(20)21)12(22-11)17-9-4-2-3-8(5-9)13(14,15)16/h2-6,17H,1H3. The molecular formula is C13H9F3N2O3S. The number of ketones is 1. The molecule has 0 saturated carbocycles. The number of nitro groups is 1. The molecule has 116 valence electrons. The lowest BCUT2D eigenvalue weighted by Crippen LogP contribution is -2.05. The number of thiophene rings is 1. The second kappa shape index (κ2) is 5.76. The third-order valence-electron chi connectivity index (χ3n) is 2.70. The van der Waals surface area contributed by atoms with E-state index in [0.717, 1.165) is 29.5 Å². The average molecular weight is 330 g/mol. The van der Waals surface area contributed by atoms with Gasteiger partial charge >= 0.3 is 11.9 Å². The van der Waals surface area contributed by atoms with Crippen LogP contribution in [0.2, 0.25) is 0 Å². The van der Waals surface area contributed by atoms with Crippen molar-refractivity contribution in [1.29, 1.82) is 0 Å². The Kier molecular flexibility index (Phi) is 4.18.